The van der Waals surface area contributed by atoms with Crippen LogP contribution in [0, 0.1) is 0 Å². The van der Waals surface area contributed by atoms with Gasteiger partial charge < -0.3 is 5.32 Å². The number of hydrogen-bond acceptors (Lipinski definition) is 6. The van der Waals surface area contributed by atoms with Gasteiger partial charge in [-0.2, -0.15) is 33.4 Å². The van der Waals surface area contributed by atoms with E-state index < -0.39 is 46.2 Å². The third-order valence-corrected chi connectivity index (χ3v) is 4.32. The summed E-state index contributed by atoms with van der Waals surface area (Å²) < 4.78 is 58.3. The molecule has 0 saturated heterocycles. The average molecular weight is 378 g/mol. The minimum atomic E-state index is -5.78. The van der Waals surface area contributed by atoms with Crippen LogP contribution >= 0.6 is 11.8 Å². The van der Waals surface area contributed by atoms with Crippen LogP contribution in [0.5, 0.6) is 0 Å². The van der Waals surface area contributed by atoms with E-state index in [1.165, 1.54) is 18.7 Å². The molecule has 0 bridgehead atoms. The maximum absolute atomic E-state index is 12.1. The van der Waals surface area contributed by atoms with Crippen molar-refractivity contribution in [1.82, 2.24) is 10.0 Å². The second-order valence-electron chi connectivity index (χ2n) is 4.49. The van der Waals surface area contributed by atoms with E-state index in [0.717, 1.165) is 4.72 Å². The first-order chi connectivity index (χ1) is 10.4. The van der Waals surface area contributed by atoms with Crippen molar-refractivity contribution in [1.29, 1.82) is 0 Å². The van der Waals surface area contributed by atoms with Crippen molar-refractivity contribution >= 4 is 39.4 Å². The standard InChI is InChI=1S/C11H17F3N2O5S2/c1-7(17)8(5-6-22-2)15-9(18)3-4-10(19)16-23(20,21)11(12,13)14/h8H,3-6H2,1-2H3,(H,15,18)(H,16,19)/t8-/m0/s1. The Morgan fingerprint density at radius 2 is 1.65 bits per heavy atom. The highest BCUT2D eigenvalue weighted by Gasteiger charge is 2.46. The van der Waals surface area contributed by atoms with Crippen molar-refractivity contribution in [3.05, 3.63) is 0 Å². The molecule has 0 unspecified atom stereocenters. The summed E-state index contributed by atoms with van der Waals surface area (Å²) in [7, 11) is -5.78. The number of sulfonamides is 1. The molecule has 23 heavy (non-hydrogen) atoms. The lowest BCUT2D eigenvalue weighted by molar-refractivity contribution is -0.128. The Bertz CT molecular complexity index is 548. The summed E-state index contributed by atoms with van der Waals surface area (Å²) in [5, 5.41) is 2.35. The van der Waals surface area contributed by atoms with Crippen LogP contribution < -0.4 is 10.0 Å². The Hall–Kier alpha value is -1.30. The van der Waals surface area contributed by atoms with Crippen LogP contribution in [-0.4, -0.2) is 49.6 Å². The van der Waals surface area contributed by atoms with E-state index in [9.17, 15) is 36.0 Å². The van der Waals surface area contributed by atoms with Crippen LogP contribution in [0.4, 0.5) is 13.2 Å². The third kappa shape index (κ3) is 8.21. The number of thioether (sulfide) groups is 1. The largest absolute Gasteiger partial charge is 0.516 e. The molecule has 0 aliphatic carbocycles. The third-order valence-electron chi connectivity index (χ3n) is 2.57. The second kappa shape index (κ2) is 9.11. The van der Waals surface area contributed by atoms with Crippen molar-refractivity contribution < 1.29 is 36.0 Å². The Kier molecular flexibility index (Phi) is 8.59. The lowest BCUT2D eigenvalue weighted by Gasteiger charge is -2.15. The predicted molar refractivity (Wildman–Crippen MR) is 78.0 cm³/mol. The number of hydrogen-bond donors (Lipinski definition) is 2. The molecule has 12 heteroatoms. The van der Waals surface area contributed by atoms with Crippen LogP contribution in [-0.2, 0) is 24.4 Å². The van der Waals surface area contributed by atoms with Gasteiger partial charge in [-0.05, 0) is 25.4 Å². The monoisotopic (exact) mass is 378 g/mol. The van der Waals surface area contributed by atoms with Gasteiger partial charge in [-0.3, -0.25) is 14.4 Å². The SMILES string of the molecule is CSCC[C@H](NC(=O)CCC(=O)NS(=O)(=O)C(F)(F)F)C(C)=O. The molecule has 1 atom stereocenters. The van der Waals surface area contributed by atoms with Gasteiger partial charge in [-0.25, -0.2) is 4.72 Å². The van der Waals surface area contributed by atoms with Gasteiger partial charge in [0.05, 0.1) is 6.04 Å². The fourth-order valence-electron chi connectivity index (χ4n) is 1.37. The first-order valence-corrected chi connectivity index (χ1v) is 9.19. The van der Waals surface area contributed by atoms with E-state index in [4.69, 9.17) is 0 Å². The number of halogens is 3. The molecule has 0 fully saturated rings. The zero-order valence-corrected chi connectivity index (χ0v) is 14.0. The van der Waals surface area contributed by atoms with Gasteiger partial charge >= 0.3 is 15.5 Å². The van der Waals surface area contributed by atoms with Gasteiger partial charge in [0.2, 0.25) is 11.8 Å². The summed E-state index contributed by atoms with van der Waals surface area (Å²) in [6, 6.07) is -0.753. The van der Waals surface area contributed by atoms with Crippen LogP contribution in [0.2, 0.25) is 0 Å². The molecule has 0 radical (unpaired) electrons. The minimum Gasteiger partial charge on any atom is -0.346 e. The molecule has 0 aromatic carbocycles. The smallest absolute Gasteiger partial charge is 0.346 e. The Morgan fingerprint density at radius 1 is 1.13 bits per heavy atom. The van der Waals surface area contributed by atoms with Crippen LogP contribution in [0.1, 0.15) is 26.2 Å². The molecule has 0 aromatic rings. The van der Waals surface area contributed by atoms with Crippen LogP contribution in [0.15, 0.2) is 0 Å². The van der Waals surface area contributed by atoms with Gasteiger partial charge in [-0.15, -0.1) is 0 Å². The number of amides is 2. The maximum atomic E-state index is 12.1. The molecule has 0 aliphatic heterocycles. The number of Topliss-reactive ketones (excluding diaryl/α,β-unsaturated/α-hetero) is 1. The summed E-state index contributed by atoms with van der Waals surface area (Å²) >= 11 is 1.46. The zero-order chi connectivity index (χ0) is 18.3. The first-order valence-electron chi connectivity index (χ1n) is 6.31. The zero-order valence-electron chi connectivity index (χ0n) is 12.4. The number of nitrogens with one attached hydrogen (secondary N) is 2. The van der Waals surface area contributed by atoms with Crippen LogP contribution in [0.25, 0.3) is 0 Å². The number of carbonyl (C=O) groups is 3. The van der Waals surface area contributed by atoms with Gasteiger partial charge in [0.25, 0.3) is 0 Å². The van der Waals surface area contributed by atoms with Gasteiger partial charge in [0.15, 0.2) is 5.78 Å². The quantitative estimate of drug-likeness (QED) is 0.607. The van der Waals surface area contributed by atoms with Gasteiger partial charge in [-0.1, -0.05) is 0 Å². The summed E-state index contributed by atoms with van der Waals surface area (Å²) in [6.45, 7) is 1.27. The fraction of sp³-hybridized carbons (Fsp3) is 0.727. The highest BCUT2D eigenvalue weighted by Crippen LogP contribution is 2.21. The van der Waals surface area contributed by atoms with Gasteiger partial charge in [0.1, 0.15) is 0 Å². The predicted octanol–water partition coefficient (Wildman–Crippen LogP) is 0.559. The van der Waals surface area contributed by atoms with Crippen molar-refractivity contribution in [2.24, 2.45) is 0 Å². The van der Waals surface area contributed by atoms with Crippen molar-refractivity contribution in [3.8, 4) is 0 Å². The van der Waals surface area contributed by atoms with E-state index >= 15 is 0 Å². The molecule has 0 spiro atoms. The lowest BCUT2D eigenvalue weighted by Crippen LogP contribution is -2.42. The molecule has 7 nitrogen and oxygen atoms in total. The molecule has 134 valence electrons. The lowest BCUT2D eigenvalue weighted by atomic mass is 10.1. The van der Waals surface area contributed by atoms with E-state index in [0.29, 0.717) is 12.2 Å². The molecule has 2 amide bonds. The molecular formula is C11H17F3N2O5S2. The molecule has 0 rings (SSSR count). The molecule has 0 aliphatic rings. The Balaban J connectivity index is 4.43. The highest BCUT2D eigenvalue weighted by atomic mass is 32.2. The van der Waals surface area contributed by atoms with Crippen molar-refractivity contribution in [3.63, 3.8) is 0 Å². The van der Waals surface area contributed by atoms with Gasteiger partial charge in [0, 0.05) is 12.8 Å². The Labute approximate surface area is 135 Å². The van der Waals surface area contributed by atoms with E-state index in [1.807, 2.05) is 6.26 Å². The second-order valence-corrected chi connectivity index (χ2v) is 7.15. The highest BCUT2D eigenvalue weighted by molar-refractivity contribution is 7.98. The summed E-state index contributed by atoms with van der Waals surface area (Å²) in [6.07, 6.45) is 0.887. The number of alkyl halides is 3. The van der Waals surface area contributed by atoms with E-state index in [1.54, 1.807) is 0 Å². The van der Waals surface area contributed by atoms with Crippen LogP contribution in [0.3, 0.4) is 0 Å². The summed E-state index contributed by atoms with van der Waals surface area (Å²) in [5.41, 5.74) is -5.61. The molecular weight excluding hydrogens is 361 g/mol. The molecule has 2 N–H and O–H groups in total. The van der Waals surface area contributed by atoms with Crippen molar-refractivity contribution in [2.75, 3.05) is 12.0 Å². The Morgan fingerprint density at radius 3 is 2.09 bits per heavy atom. The molecule has 0 aromatic heterocycles. The molecule has 0 saturated carbocycles. The summed E-state index contributed by atoms with van der Waals surface area (Å²) in [4.78, 5) is 34.0. The normalized spacial score (nSPS) is 13.3. The average Bonchev–Trinajstić information content (AvgIpc) is 2.39. The van der Waals surface area contributed by atoms with E-state index in [-0.39, 0.29) is 5.78 Å². The molecule has 0 heterocycles. The maximum Gasteiger partial charge on any atom is 0.516 e. The van der Waals surface area contributed by atoms with Crippen molar-refractivity contribution in [2.45, 2.75) is 37.7 Å². The topological polar surface area (TPSA) is 109 Å². The minimum absolute atomic E-state index is 0.295. The number of ketones is 1. The summed E-state index contributed by atoms with van der Waals surface area (Å²) in [5.74, 6) is -1.88. The number of rotatable bonds is 9. The fourth-order valence-corrected chi connectivity index (χ4v) is 2.35. The number of carbonyl (C=O) groups excluding carboxylic acids is 3. The first kappa shape index (κ1) is 21.7. The van der Waals surface area contributed by atoms with E-state index in [2.05, 4.69) is 5.32 Å².